The van der Waals surface area contributed by atoms with Gasteiger partial charge in [0.05, 0.1) is 13.2 Å². The summed E-state index contributed by atoms with van der Waals surface area (Å²) < 4.78 is 18.8. The molecule has 3 rings (SSSR count). The molecule has 1 aliphatic heterocycles. The van der Waals surface area contributed by atoms with Crippen LogP contribution >= 0.6 is 12.4 Å². The van der Waals surface area contributed by atoms with Gasteiger partial charge in [-0.3, -0.25) is 0 Å². The van der Waals surface area contributed by atoms with Crippen LogP contribution in [0.4, 0.5) is 4.39 Å². The number of hydrogen-bond acceptors (Lipinski definition) is 4. The second-order valence-electron chi connectivity index (χ2n) is 7.28. The molecule has 0 aromatic heterocycles. The highest BCUT2D eigenvalue weighted by Crippen LogP contribution is 2.30. The van der Waals surface area contributed by atoms with Crippen molar-refractivity contribution in [3.05, 3.63) is 35.6 Å². The van der Waals surface area contributed by atoms with E-state index in [1.165, 1.54) is 19.3 Å². The van der Waals surface area contributed by atoms with Crippen molar-refractivity contribution in [3.63, 3.8) is 0 Å². The van der Waals surface area contributed by atoms with E-state index < -0.39 is 0 Å². The fourth-order valence-electron chi connectivity index (χ4n) is 4.13. The Hall–Kier alpha value is -0.720. The molecule has 1 saturated carbocycles. The monoisotopic (exact) mass is 371 g/mol. The molecule has 6 heteroatoms. The standard InChI is InChI=1S/C19H30FN3O.ClH/c1-23(2)19(14-6-8-15(20)9-7-14)12-22-17-5-3-4-16(17)18-13-24-11-10-21-18;/h6-9,16-19,21-22H,3-5,10-13H2,1-2H3;1H. The molecule has 0 radical (unpaired) electrons. The molecule has 0 spiro atoms. The summed E-state index contributed by atoms with van der Waals surface area (Å²) in [6.45, 7) is 3.50. The van der Waals surface area contributed by atoms with E-state index in [1.54, 1.807) is 12.1 Å². The highest BCUT2D eigenvalue weighted by Gasteiger charge is 2.34. The lowest BCUT2D eigenvalue weighted by Crippen LogP contribution is -2.51. The molecular formula is C19H31ClFN3O. The number of hydrogen-bond donors (Lipinski definition) is 2. The minimum Gasteiger partial charge on any atom is -0.379 e. The lowest BCUT2D eigenvalue weighted by atomic mass is 9.93. The third-order valence-corrected chi connectivity index (χ3v) is 5.49. The van der Waals surface area contributed by atoms with Crippen molar-refractivity contribution < 1.29 is 9.13 Å². The van der Waals surface area contributed by atoms with Crippen LogP contribution in [-0.2, 0) is 4.74 Å². The maximum absolute atomic E-state index is 13.2. The summed E-state index contributed by atoms with van der Waals surface area (Å²) in [5, 5.41) is 7.41. The van der Waals surface area contributed by atoms with Gasteiger partial charge in [0.15, 0.2) is 0 Å². The van der Waals surface area contributed by atoms with Gasteiger partial charge in [-0.2, -0.15) is 0 Å². The van der Waals surface area contributed by atoms with Crippen LogP contribution in [0.3, 0.4) is 0 Å². The first-order valence-corrected chi connectivity index (χ1v) is 9.11. The van der Waals surface area contributed by atoms with Crippen LogP contribution in [-0.4, -0.2) is 57.4 Å². The van der Waals surface area contributed by atoms with Crippen molar-refractivity contribution in [2.24, 2.45) is 5.92 Å². The minimum atomic E-state index is -0.177. The molecule has 2 fully saturated rings. The van der Waals surface area contributed by atoms with Crippen LogP contribution < -0.4 is 10.6 Å². The minimum absolute atomic E-state index is 0. The highest BCUT2D eigenvalue weighted by molar-refractivity contribution is 5.85. The van der Waals surface area contributed by atoms with E-state index in [0.717, 1.165) is 31.9 Å². The molecule has 25 heavy (non-hydrogen) atoms. The Labute approximate surface area is 156 Å². The Morgan fingerprint density at radius 3 is 2.68 bits per heavy atom. The van der Waals surface area contributed by atoms with Gasteiger partial charge in [0, 0.05) is 31.2 Å². The number of nitrogens with one attached hydrogen (secondary N) is 2. The number of benzene rings is 1. The van der Waals surface area contributed by atoms with E-state index in [4.69, 9.17) is 4.74 Å². The van der Waals surface area contributed by atoms with Crippen molar-refractivity contribution in [1.82, 2.24) is 15.5 Å². The first-order valence-electron chi connectivity index (χ1n) is 9.11. The zero-order valence-corrected chi connectivity index (χ0v) is 16.0. The molecule has 1 aromatic carbocycles. The van der Waals surface area contributed by atoms with Gasteiger partial charge in [0.2, 0.25) is 0 Å². The Bertz CT molecular complexity index is 508. The lowest BCUT2D eigenvalue weighted by Gasteiger charge is -2.34. The lowest BCUT2D eigenvalue weighted by molar-refractivity contribution is 0.0520. The number of nitrogens with zero attached hydrogens (tertiary/aromatic N) is 1. The molecule has 4 atom stereocenters. The van der Waals surface area contributed by atoms with Gasteiger partial charge in [-0.05, 0) is 50.6 Å². The molecule has 2 N–H and O–H groups in total. The van der Waals surface area contributed by atoms with E-state index in [1.807, 2.05) is 12.1 Å². The van der Waals surface area contributed by atoms with Gasteiger partial charge in [-0.25, -0.2) is 4.39 Å². The van der Waals surface area contributed by atoms with Gasteiger partial charge in [-0.1, -0.05) is 18.6 Å². The zero-order valence-electron chi connectivity index (χ0n) is 15.2. The van der Waals surface area contributed by atoms with Crippen LogP contribution in [0.5, 0.6) is 0 Å². The summed E-state index contributed by atoms with van der Waals surface area (Å²) in [5.74, 6) is 0.463. The molecule has 1 aliphatic carbocycles. The smallest absolute Gasteiger partial charge is 0.123 e. The molecule has 0 amide bonds. The molecule has 0 bridgehead atoms. The van der Waals surface area contributed by atoms with Crippen LogP contribution in [0, 0.1) is 11.7 Å². The third-order valence-electron chi connectivity index (χ3n) is 5.49. The number of halogens is 2. The molecule has 142 valence electrons. The largest absolute Gasteiger partial charge is 0.379 e. The predicted octanol–water partition coefficient (Wildman–Crippen LogP) is 2.60. The van der Waals surface area contributed by atoms with Crippen LogP contribution in [0.2, 0.25) is 0 Å². The Morgan fingerprint density at radius 1 is 1.28 bits per heavy atom. The first kappa shape index (κ1) is 20.6. The van der Waals surface area contributed by atoms with Gasteiger partial charge < -0.3 is 20.3 Å². The topological polar surface area (TPSA) is 36.5 Å². The molecule has 4 nitrogen and oxygen atoms in total. The molecule has 4 unspecified atom stereocenters. The molecule has 1 aromatic rings. The summed E-state index contributed by atoms with van der Waals surface area (Å²) >= 11 is 0. The Kier molecular flexibility index (Phi) is 8.10. The number of likely N-dealkylation sites (N-methyl/N-ethyl adjacent to an activating group) is 1. The quantitative estimate of drug-likeness (QED) is 0.806. The van der Waals surface area contributed by atoms with Crippen molar-refractivity contribution in [3.8, 4) is 0 Å². The van der Waals surface area contributed by atoms with Crippen molar-refractivity contribution >= 4 is 12.4 Å². The number of morpholine rings is 1. The van der Waals surface area contributed by atoms with E-state index >= 15 is 0 Å². The second kappa shape index (κ2) is 9.83. The average Bonchev–Trinajstić information content (AvgIpc) is 3.06. The molecule has 1 heterocycles. The van der Waals surface area contributed by atoms with Crippen molar-refractivity contribution in [2.45, 2.75) is 37.4 Å². The van der Waals surface area contributed by atoms with E-state index in [2.05, 4.69) is 29.6 Å². The normalized spacial score (nSPS) is 27.9. The maximum Gasteiger partial charge on any atom is 0.123 e. The summed E-state index contributed by atoms with van der Waals surface area (Å²) in [4.78, 5) is 2.20. The number of ether oxygens (including phenoxy) is 1. The van der Waals surface area contributed by atoms with Gasteiger partial charge in [0.1, 0.15) is 5.82 Å². The fourth-order valence-corrected chi connectivity index (χ4v) is 4.13. The molecule has 2 aliphatic rings. The third kappa shape index (κ3) is 5.38. The molecular weight excluding hydrogens is 341 g/mol. The summed E-state index contributed by atoms with van der Waals surface area (Å²) in [7, 11) is 4.16. The van der Waals surface area contributed by atoms with Crippen LogP contribution in [0.25, 0.3) is 0 Å². The van der Waals surface area contributed by atoms with E-state index in [-0.39, 0.29) is 24.3 Å². The van der Waals surface area contributed by atoms with E-state index in [0.29, 0.717) is 18.0 Å². The fraction of sp³-hybridized carbons (Fsp3) is 0.684. The number of rotatable bonds is 6. The molecule has 1 saturated heterocycles. The van der Waals surface area contributed by atoms with E-state index in [9.17, 15) is 4.39 Å². The first-order chi connectivity index (χ1) is 11.6. The SMILES string of the molecule is CN(C)C(CNC1CCCC1C1COCCN1)c1ccc(F)cc1.Cl. The summed E-state index contributed by atoms with van der Waals surface area (Å²) in [6, 6.07) is 8.15. The summed E-state index contributed by atoms with van der Waals surface area (Å²) in [6.07, 6.45) is 3.78. The van der Waals surface area contributed by atoms with Crippen molar-refractivity contribution in [1.29, 1.82) is 0 Å². The van der Waals surface area contributed by atoms with Crippen molar-refractivity contribution in [2.75, 3.05) is 40.4 Å². The van der Waals surface area contributed by atoms with Crippen LogP contribution in [0.15, 0.2) is 24.3 Å². The van der Waals surface area contributed by atoms with Gasteiger partial charge in [0.25, 0.3) is 0 Å². The average molecular weight is 372 g/mol. The second-order valence-corrected chi connectivity index (χ2v) is 7.28. The van der Waals surface area contributed by atoms with Gasteiger partial charge in [-0.15, -0.1) is 12.4 Å². The predicted molar refractivity (Wildman–Crippen MR) is 102 cm³/mol. The maximum atomic E-state index is 13.2. The summed E-state index contributed by atoms with van der Waals surface area (Å²) in [5.41, 5.74) is 1.16. The zero-order chi connectivity index (χ0) is 16.9. The highest BCUT2D eigenvalue weighted by atomic mass is 35.5. The Morgan fingerprint density at radius 2 is 2.04 bits per heavy atom. The Balaban J connectivity index is 0.00000225. The van der Waals surface area contributed by atoms with Gasteiger partial charge >= 0.3 is 0 Å². The van der Waals surface area contributed by atoms with Crippen LogP contribution in [0.1, 0.15) is 30.9 Å².